The lowest BCUT2D eigenvalue weighted by Crippen LogP contribution is -2.28. The predicted molar refractivity (Wildman–Crippen MR) is 72.8 cm³/mol. The van der Waals surface area contributed by atoms with Gasteiger partial charge in [0.2, 0.25) is 5.91 Å². The molecule has 3 rings (SSSR count). The minimum absolute atomic E-state index is 0.159. The van der Waals surface area contributed by atoms with Gasteiger partial charge in [0.25, 0.3) is 5.91 Å². The summed E-state index contributed by atoms with van der Waals surface area (Å²) in [6, 6.07) is 0. The molecule has 3 heterocycles. The maximum Gasteiger partial charge on any atom is 0.269 e. The third kappa shape index (κ3) is 2.06. The van der Waals surface area contributed by atoms with Crippen molar-refractivity contribution in [2.45, 2.75) is 25.8 Å². The number of nitrogens with zero attached hydrogens (tertiary/aromatic N) is 4. The zero-order valence-corrected chi connectivity index (χ0v) is 11.7. The van der Waals surface area contributed by atoms with Crippen molar-refractivity contribution in [3.63, 3.8) is 0 Å². The fourth-order valence-corrected chi connectivity index (χ4v) is 2.56. The second kappa shape index (κ2) is 5.00. The van der Waals surface area contributed by atoms with E-state index in [1.54, 1.807) is 11.7 Å². The first-order valence-corrected chi connectivity index (χ1v) is 6.63. The molecule has 2 aromatic rings. The highest BCUT2D eigenvalue weighted by Gasteiger charge is 2.35. The summed E-state index contributed by atoms with van der Waals surface area (Å²) in [5, 5.41) is 16.1. The second-order valence-electron chi connectivity index (χ2n) is 4.68. The number of aryl methyl sites for hydroxylation is 1. The molecule has 21 heavy (non-hydrogen) atoms. The molecule has 9 heteroatoms. The SMILES string of the molecule is CCn1ncnc1C1CC(=O)Nc2n[nH]c(C(=O)NC)c21. The van der Waals surface area contributed by atoms with E-state index in [1.165, 1.54) is 6.33 Å². The van der Waals surface area contributed by atoms with E-state index in [9.17, 15) is 9.59 Å². The average molecular weight is 289 g/mol. The van der Waals surface area contributed by atoms with Gasteiger partial charge in [0, 0.05) is 25.6 Å². The van der Waals surface area contributed by atoms with Gasteiger partial charge in [-0.3, -0.25) is 14.7 Å². The van der Waals surface area contributed by atoms with E-state index in [0.717, 1.165) is 0 Å². The lowest BCUT2D eigenvalue weighted by atomic mass is 9.90. The molecule has 0 saturated carbocycles. The molecule has 0 fully saturated rings. The molecular formula is C12H15N7O2. The summed E-state index contributed by atoms with van der Waals surface area (Å²) >= 11 is 0. The van der Waals surface area contributed by atoms with Crippen molar-refractivity contribution in [2.75, 3.05) is 12.4 Å². The Labute approximate surface area is 120 Å². The normalized spacial score (nSPS) is 17.2. The Morgan fingerprint density at radius 1 is 1.57 bits per heavy atom. The zero-order valence-electron chi connectivity index (χ0n) is 11.7. The predicted octanol–water partition coefficient (Wildman–Crippen LogP) is -0.145. The first-order valence-electron chi connectivity index (χ1n) is 6.63. The smallest absolute Gasteiger partial charge is 0.269 e. The molecule has 110 valence electrons. The van der Waals surface area contributed by atoms with Crippen LogP contribution in [0.2, 0.25) is 0 Å². The molecule has 0 radical (unpaired) electrons. The van der Waals surface area contributed by atoms with Crippen LogP contribution in [-0.2, 0) is 11.3 Å². The molecule has 0 saturated heterocycles. The molecule has 1 unspecified atom stereocenters. The van der Waals surface area contributed by atoms with E-state index < -0.39 is 0 Å². The molecule has 2 aromatic heterocycles. The molecular weight excluding hydrogens is 274 g/mol. The van der Waals surface area contributed by atoms with Crippen molar-refractivity contribution >= 4 is 17.6 Å². The lowest BCUT2D eigenvalue weighted by molar-refractivity contribution is -0.116. The number of fused-ring (bicyclic) bond motifs is 1. The highest BCUT2D eigenvalue weighted by atomic mass is 16.2. The van der Waals surface area contributed by atoms with Gasteiger partial charge in [-0.05, 0) is 6.92 Å². The van der Waals surface area contributed by atoms with Gasteiger partial charge in [-0.25, -0.2) is 9.67 Å². The second-order valence-corrected chi connectivity index (χ2v) is 4.68. The van der Waals surface area contributed by atoms with Crippen molar-refractivity contribution < 1.29 is 9.59 Å². The number of aromatic amines is 1. The van der Waals surface area contributed by atoms with Crippen LogP contribution in [0.1, 0.15) is 41.1 Å². The Morgan fingerprint density at radius 3 is 3.10 bits per heavy atom. The molecule has 0 aliphatic carbocycles. The minimum atomic E-state index is -0.345. The van der Waals surface area contributed by atoms with Gasteiger partial charge in [0.05, 0.1) is 5.92 Å². The number of hydrogen-bond donors (Lipinski definition) is 3. The van der Waals surface area contributed by atoms with Crippen molar-refractivity contribution in [3.05, 3.63) is 23.4 Å². The number of carbonyl (C=O) groups is 2. The molecule has 0 bridgehead atoms. The fraction of sp³-hybridized carbons (Fsp3) is 0.417. The van der Waals surface area contributed by atoms with E-state index in [0.29, 0.717) is 29.4 Å². The molecule has 0 spiro atoms. The van der Waals surface area contributed by atoms with Gasteiger partial charge in [0.15, 0.2) is 5.82 Å². The third-order valence-corrected chi connectivity index (χ3v) is 3.51. The summed E-state index contributed by atoms with van der Waals surface area (Å²) in [7, 11) is 1.54. The van der Waals surface area contributed by atoms with E-state index >= 15 is 0 Å². The van der Waals surface area contributed by atoms with Crippen LogP contribution in [0.3, 0.4) is 0 Å². The average Bonchev–Trinajstić information content (AvgIpc) is 3.11. The van der Waals surface area contributed by atoms with E-state index in [1.807, 2.05) is 6.92 Å². The van der Waals surface area contributed by atoms with Crippen LogP contribution < -0.4 is 10.6 Å². The van der Waals surface area contributed by atoms with Crippen molar-refractivity contribution in [3.8, 4) is 0 Å². The van der Waals surface area contributed by atoms with Crippen molar-refractivity contribution in [2.24, 2.45) is 0 Å². The van der Waals surface area contributed by atoms with Crippen LogP contribution in [0.5, 0.6) is 0 Å². The van der Waals surface area contributed by atoms with E-state index in [-0.39, 0.29) is 24.2 Å². The Kier molecular flexibility index (Phi) is 3.16. The number of carbonyl (C=O) groups excluding carboxylic acids is 2. The maximum absolute atomic E-state index is 12.0. The third-order valence-electron chi connectivity index (χ3n) is 3.51. The topological polar surface area (TPSA) is 118 Å². The quantitative estimate of drug-likeness (QED) is 0.726. The number of aromatic nitrogens is 5. The molecule has 2 amide bonds. The number of hydrogen-bond acceptors (Lipinski definition) is 5. The van der Waals surface area contributed by atoms with Gasteiger partial charge >= 0.3 is 0 Å². The molecule has 1 aliphatic heterocycles. The lowest BCUT2D eigenvalue weighted by Gasteiger charge is -2.22. The molecule has 1 atom stereocenters. The summed E-state index contributed by atoms with van der Waals surface area (Å²) in [5.41, 5.74) is 0.986. The Balaban J connectivity index is 2.14. The zero-order chi connectivity index (χ0) is 15.0. The van der Waals surface area contributed by atoms with Gasteiger partial charge < -0.3 is 10.6 Å². The van der Waals surface area contributed by atoms with Gasteiger partial charge in [-0.1, -0.05) is 0 Å². The highest BCUT2D eigenvalue weighted by molar-refractivity contribution is 6.00. The number of amides is 2. The van der Waals surface area contributed by atoms with Crippen LogP contribution in [0.15, 0.2) is 6.33 Å². The van der Waals surface area contributed by atoms with Crippen LogP contribution in [0, 0.1) is 0 Å². The largest absolute Gasteiger partial charge is 0.354 e. The summed E-state index contributed by atoms with van der Waals surface area (Å²) < 4.78 is 1.72. The van der Waals surface area contributed by atoms with Crippen LogP contribution >= 0.6 is 0 Å². The van der Waals surface area contributed by atoms with Gasteiger partial charge in [-0.2, -0.15) is 10.2 Å². The monoisotopic (exact) mass is 289 g/mol. The van der Waals surface area contributed by atoms with Gasteiger partial charge in [-0.15, -0.1) is 0 Å². The minimum Gasteiger partial charge on any atom is -0.354 e. The Morgan fingerprint density at radius 2 is 2.38 bits per heavy atom. The molecule has 3 N–H and O–H groups in total. The summed E-state index contributed by atoms with van der Waals surface area (Å²) in [6.45, 7) is 2.58. The standard InChI is InChI=1S/C12H15N7O2/c1-3-19-11(14-5-15-19)6-4-7(20)16-10-8(6)9(17-18-10)12(21)13-2/h5-6H,3-4H2,1-2H3,(H,13,21)(H2,16,17,18,20). The van der Waals surface area contributed by atoms with E-state index in [2.05, 4.69) is 30.9 Å². The first-order chi connectivity index (χ1) is 10.2. The molecule has 9 nitrogen and oxygen atoms in total. The first kappa shape index (κ1) is 13.3. The summed E-state index contributed by atoms with van der Waals surface area (Å²) in [5.74, 6) is 0.239. The summed E-state index contributed by atoms with van der Waals surface area (Å²) in [6.07, 6.45) is 1.65. The molecule has 0 aromatic carbocycles. The van der Waals surface area contributed by atoms with Crippen LogP contribution in [0.25, 0.3) is 0 Å². The van der Waals surface area contributed by atoms with Gasteiger partial charge in [0.1, 0.15) is 17.8 Å². The summed E-state index contributed by atoms with van der Waals surface area (Å²) in [4.78, 5) is 28.1. The Hall–Kier alpha value is -2.71. The fourth-order valence-electron chi connectivity index (χ4n) is 2.56. The number of H-pyrrole nitrogens is 1. The van der Waals surface area contributed by atoms with Crippen molar-refractivity contribution in [1.29, 1.82) is 0 Å². The molecule has 1 aliphatic rings. The van der Waals surface area contributed by atoms with Crippen molar-refractivity contribution in [1.82, 2.24) is 30.3 Å². The number of rotatable bonds is 3. The maximum atomic E-state index is 12.0. The number of anilines is 1. The number of nitrogens with one attached hydrogen (secondary N) is 3. The van der Waals surface area contributed by atoms with E-state index in [4.69, 9.17) is 0 Å². The van der Waals surface area contributed by atoms with Crippen LogP contribution in [0.4, 0.5) is 5.82 Å². The highest BCUT2D eigenvalue weighted by Crippen LogP contribution is 2.37. The Bertz CT molecular complexity index is 702. The van der Waals surface area contributed by atoms with Crippen LogP contribution in [-0.4, -0.2) is 43.8 Å².